The van der Waals surface area contributed by atoms with Crippen LogP contribution in [0.2, 0.25) is 0 Å². The maximum atomic E-state index is 13.3. The number of thiazole rings is 1. The minimum absolute atomic E-state index is 0.0675. The number of hydrogen-bond donors (Lipinski definition) is 0. The second-order valence-electron chi connectivity index (χ2n) is 8.47. The molecule has 4 nitrogen and oxygen atoms in total. The standard InChI is InChI=1S/C22H27F3N2O2S2/c1-5-28-17-9-8-14(22(23,24)25)11-16(17)19(30)26-20-27(12-15-7-6-10-29-15)13-18(31-20)21(2,3)4/h8-9,11,13,15H,5-7,10,12H2,1-4H3/b26-20-/t15-/m1/s1. The van der Waals surface area contributed by atoms with Crippen LogP contribution in [0.3, 0.4) is 0 Å². The molecular formula is C22H27F3N2O2S2. The van der Waals surface area contributed by atoms with Crippen LogP contribution in [0.15, 0.2) is 29.4 Å². The van der Waals surface area contributed by atoms with E-state index in [2.05, 4.69) is 25.8 Å². The Bertz CT molecular complexity index is 997. The zero-order valence-electron chi connectivity index (χ0n) is 18.1. The van der Waals surface area contributed by atoms with Crippen LogP contribution in [-0.2, 0) is 22.9 Å². The molecule has 1 aliphatic heterocycles. The monoisotopic (exact) mass is 472 g/mol. The van der Waals surface area contributed by atoms with Gasteiger partial charge in [0.25, 0.3) is 0 Å². The van der Waals surface area contributed by atoms with E-state index in [1.54, 1.807) is 6.92 Å². The molecule has 9 heteroatoms. The van der Waals surface area contributed by atoms with Crippen LogP contribution in [0.5, 0.6) is 5.75 Å². The Morgan fingerprint density at radius 2 is 2.06 bits per heavy atom. The molecule has 0 unspecified atom stereocenters. The molecule has 3 rings (SSSR count). The van der Waals surface area contributed by atoms with Gasteiger partial charge in [0.05, 0.1) is 30.4 Å². The van der Waals surface area contributed by atoms with Crippen molar-refractivity contribution in [2.75, 3.05) is 13.2 Å². The maximum Gasteiger partial charge on any atom is 0.416 e. The number of hydrogen-bond acceptors (Lipinski definition) is 4. The lowest BCUT2D eigenvalue weighted by Crippen LogP contribution is -2.23. The summed E-state index contributed by atoms with van der Waals surface area (Å²) in [4.78, 5) is 6.41. The highest BCUT2D eigenvalue weighted by atomic mass is 32.1. The normalized spacial score (nSPS) is 17.9. The first-order valence-corrected chi connectivity index (χ1v) is 11.5. The van der Waals surface area contributed by atoms with E-state index in [0.717, 1.165) is 36.5 Å². The minimum Gasteiger partial charge on any atom is -0.493 e. The van der Waals surface area contributed by atoms with Gasteiger partial charge < -0.3 is 14.0 Å². The van der Waals surface area contributed by atoms with Crippen molar-refractivity contribution in [2.45, 2.75) is 64.8 Å². The molecule has 1 saturated heterocycles. The van der Waals surface area contributed by atoms with E-state index in [1.807, 2.05) is 10.8 Å². The van der Waals surface area contributed by atoms with Crippen LogP contribution in [0, 0.1) is 0 Å². The highest BCUT2D eigenvalue weighted by Crippen LogP contribution is 2.33. The molecule has 0 aliphatic carbocycles. The Balaban J connectivity index is 2.05. The van der Waals surface area contributed by atoms with E-state index in [-0.39, 0.29) is 22.1 Å². The van der Waals surface area contributed by atoms with Crippen molar-refractivity contribution in [1.82, 2.24) is 4.57 Å². The van der Waals surface area contributed by atoms with Gasteiger partial charge in [-0.2, -0.15) is 13.2 Å². The molecule has 2 aromatic rings. The lowest BCUT2D eigenvalue weighted by atomic mass is 9.95. The van der Waals surface area contributed by atoms with Gasteiger partial charge in [-0.25, -0.2) is 4.99 Å². The first-order chi connectivity index (χ1) is 14.5. The van der Waals surface area contributed by atoms with Gasteiger partial charge in [-0.05, 0) is 43.4 Å². The van der Waals surface area contributed by atoms with Crippen molar-refractivity contribution in [3.63, 3.8) is 0 Å². The molecule has 0 amide bonds. The van der Waals surface area contributed by atoms with E-state index < -0.39 is 11.7 Å². The number of benzene rings is 1. The first-order valence-electron chi connectivity index (χ1n) is 10.2. The average molecular weight is 473 g/mol. The maximum absolute atomic E-state index is 13.3. The summed E-state index contributed by atoms with van der Waals surface area (Å²) in [5, 5.41) is 0. The average Bonchev–Trinajstić information content (AvgIpc) is 3.32. The molecular weight excluding hydrogens is 445 g/mol. The van der Waals surface area contributed by atoms with Gasteiger partial charge in [0, 0.05) is 17.7 Å². The summed E-state index contributed by atoms with van der Waals surface area (Å²) in [5.41, 5.74) is -0.705. The fraction of sp³-hybridized carbons (Fsp3) is 0.545. The Kier molecular flexibility index (Phi) is 7.28. The summed E-state index contributed by atoms with van der Waals surface area (Å²) in [7, 11) is 0. The number of rotatable bonds is 5. The molecule has 1 aliphatic rings. The van der Waals surface area contributed by atoms with Crippen molar-refractivity contribution in [3.05, 3.63) is 45.2 Å². The van der Waals surface area contributed by atoms with Crippen LogP contribution in [0.1, 0.15) is 56.5 Å². The number of nitrogens with zero attached hydrogens (tertiary/aromatic N) is 2. The number of halogens is 3. The van der Waals surface area contributed by atoms with E-state index in [4.69, 9.17) is 21.7 Å². The van der Waals surface area contributed by atoms with E-state index in [9.17, 15) is 13.2 Å². The molecule has 1 atom stereocenters. The van der Waals surface area contributed by atoms with Gasteiger partial charge in [0.1, 0.15) is 10.7 Å². The third-order valence-corrected chi connectivity index (χ3v) is 6.68. The third kappa shape index (κ3) is 5.96. The summed E-state index contributed by atoms with van der Waals surface area (Å²) < 4.78 is 53.1. The fourth-order valence-corrected chi connectivity index (χ4v) is 4.62. The van der Waals surface area contributed by atoms with Gasteiger partial charge in [0.2, 0.25) is 0 Å². The molecule has 0 bridgehead atoms. The Morgan fingerprint density at radius 1 is 1.32 bits per heavy atom. The highest BCUT2D eigenvalue weighted by molar-refractivity contribution is 7.80. The van der Waals surface area contributed by atoms with Gasteiger partial charge >= 0.3 is 6.18 Å². The smallest absolute Gasteiger partial charge is 0.416 e. The van der Waals surface area contributed by atoms with Crippen LogP contribution >= 0.6 is 23.6 Å². The Morgan fingerprint density at radius 3 is 2.65 bits per heavy atom. The molecule has 1 aromatic carbocycles. The summed E-state index contributed by atoms with van der Waals surface area (Å²) in [5.74, 6) is 0.294. The fourth-order valence-electron chi connectivity index (χ4n) is 3.25. The molecule has 0 N–H and O–H groups in total. The zero-order valence-corrected chi connectivity index (χ0v) is 19.7. The summed E-state index contributed by atoms with van der Waals surface area (Å²) in [6, 6.07) is 3.32. The predicted octanol–water partition coefficient (Wildman–Crippen LogP) is 5.72. The summed E-state index contributed by atoms with van der Waals surface area (Å²) >= 11 is 6.97. The van der Waals surface area contributed by atoms with Gasteiger partial charge in [-0.15, -0.1) is 11.3 Å². The van der Waals surface area contributed by atoms with Crippen molar-refractivity contribution in [1.29, 1.82) is 0 Å². The van der Waals surface area contributed by atoms with Crippen LogP contribution < -0.4 is 9.54 Å². The number of thiocarbonyl (C=S) groups is 1. The lowest BCUT2D eigenvalue weighted by molar-refractivity contribution is -0.137. The number of aromatic nitrogens is 1. The van der Waals surface area contributed by atoms with Crippen molar-refractivity contribution in [3.8, 4) is 5.75 Å². The second kappa shape index (κ2) is 9.42. The SMILES string of the molecule is CCOc1ccc(C(F)(F)F)cc1C(=S)/N=c1\sc(C(C)(C)C)cn1C[C@H]1CCCO1. The van der Waals surface area contributed by atoms with Crippen molar-refractivity contribution < 1.29 is 22.6 Å². The van der Waals surface area contributed by atoms with Crippen LogP contribution in [-0.4, -0.2) is 28.9 Å². The quantitative estimate of drug-likeness (QED) is 0.522. The second-order valence-corrected chi connectivity index (χ2v) is 9.87. The highest BCUT2D eigenvalue weighted by Gasteiger charge is 2.31. The molecule has 1 aromatic heterocycles. The van der Waals surface area contributed by atoms with Crippen molar-refractivity contribution >= 4 is 28.5 Å². The van der Waals surface area contributed by atoms with E-state index in [1.165, 1.54) is 17.4 Å². The lowest BCUT2D eigenvalue weighted by Gasteiger charge is -2.15. The molecule has 0 radical (unpaired) electrons. The summed E-state index contributed by atoms with van der Waals surface area (Å²) in [6.07, 6.45) is -0.336. The molecule has 2 heterocycles. The zero-order chi connectivity index (χ0) is 22.8. The van der Waals surface area contributed by atoms with E-state index in [0.29, 0.717) is 23.7 Å². The Hall–Kier alpha value is -1.71. The van der Waals surface area contributed by atoms with E-state index >= 15 is 0 Å². The molecule has 0 saturated carbocycles. The first kappa shape index (κ1) is 23.9. The van der Waals surface area contributed by atoms with Gasteiger partial charge in [0.15, 0.2) is 4.80 Å². The number of ether oxygens (including phenoxy) is 2. The van der Waals surface area contributed by atoms with Gasteiger partial charge in [-0.1, -0.05) is 33.0 Å². The third-order valence-electron chi connectivity index (χ3n) is 4.92. The minimum atomic E-state index is -4.48. The largest absolute Gasteiger partial charge is 0.493 e. The van der Waals surface area contributed by atoms with Gasteiger partial charge in [-0.3, -0.25) is 0 Å². The predicted molar refractivity (Wildman–Crippen MR) is 120 cm³/mol. The Labute approximate surface area is 189 Å². The van der Waals surface area contributed by atoms with Crippen molar-refractivity contribution in [2.24, 2.45) is 4.99 Å². The molecule has 1 fully saturated rings. The topological polar surface area (TPSA) is 35.8 Å². The molecule has 31 heavy (non-hydrogen) atoms. The van der Waals surface area contributed by atoms with Crippen LogP contribution in [0.4, 0.5) is 13.2 Å². The molecule has 170 valence electrons. The van der Waals surface area contributed by atoms with Crippen LogP contribution in [0.25, 0.3) is 0 Å². The molecule has 0 spiro atoms. The summed E-state index contributed by atoms with van der Waals surface area (Å²) in [6.45, 7) is 9.79. The number of alkyl halides is 3.